The molecule has 1 unspecified atom stereocenters. The van der Waals surface area contributed by atoms with Crippen LogP contribution in [0.3, 0.4) is 0 Å². The number of pyridine rings is 1. The van der Waals surface area contributed by atoms with Crippen LogP contribution in [0.15, 0.2) is 12.3 Å². The van der Waals surface area contributed by atoms with E-state index in [1.165, 1.54) is 0 Å². The van der Waals surface area contributed by atoms with Crippen molar-refractivity contribution in [3.05, 3.63) is 23.4 Å². The Balaban J connectivity index is 3.06. The first-order valence-electron chi connectivity index (χ1n) is 4.91. The van der Waals surface area contributed by atoms with Crippen LogP contribution in [-0.4, -0.2) is 22.2 Å². The molecule has 0 radical (unpaired) electrons. The van der Waals surface area contributed by atoms with Crippen LogP contribution in [0, 0.1) is 6.92 Å². The van der Waals surface area contributed by atoms with Crippen molar-refractivity contribution in [2.45, 2.75) is 33.3 Å². The van der Waals surface area contributed by atoms with Crippen molar-refractivity contribution in [1.29, 1.82) is 0 Å². The third-order valence-corrected chi connectivity index (χ3v) is 2.23. The molecule has 0 bridgehead atoms. The molecule has 0 fully saturated rings. The van der Waals surface area contributed by atoms with Crippen molar-refractivity contribution in [1.82, 2.24) is 4.98 Å². The Bertz CT molecular complexity index is 363. The molecule has 4 nitrogen and oxygen atoms in total. The molecule has 0 aromatic carbocycles. The summed E-state index contributed by atoms with van der Waals surface area (Å²) in [6.45, 7) is 5.59. The normalized spacial score (nSPS) is 12.2. The minimum absolute atomic E-state index is 0.0302. The molecule has 82 valence electrons. The van der Waals surface area contributed by atoms with Gasteiger partial charge in [-0.05, 0) is 31.9 Å². The van der Waals surface area contributed by atoms with Crippen molar-refractivity contribution in [3.8, 4) is 5.88 Å². The Morgan fingerprint density at radius 1 is 1.67 bits per heavy atom. The van der Waals surface area contributed by atoms with Crippen LogP contribution >= 0.6 is 0 Å². The third kappa shape index (κ3) is 2.68. The van der Waals surface area contributed by atoms with Gasteiger partial charge in [0.25, 0.3) is 0 Å². The van der Waals surface area contributed by atoms with Gasteiger partial charge in [0.05, 0.1) is 6.10 Å². The van der Waals surface area contributed by atoms with E-state index in [4.69, 9.17) is 9.84 Å². The van der Waals surface area contributed by atoms with Crippen molar-refractivity contribution < 1.29 is 14.6 Å². The molecule has 1 aromatic heterocycles. The predicted octanol–water partition coefficient (Wildman–Crippen LogP) is 2.27. The second-order valence-electron chi connectivity index (χ2n) is 3.45. The molecule has 0 spiro atoms. The van der Waals surface area contributed by atoms with Crippen LogP contribution in [-0.2, 0) is 0 Å². The number of nitrogens with zero attached hydrogens (tertiary/aromatic N) is 1. The SMILES string of the molecule is CCC(C)Oc1nccc(C)c1C(=O)O. The van der Waals surface area contributed by atoms with Gasteiger partial charge in [0.2, 0.25) is 5.88 Å². The summed E-state index contributed by atoms with van der Waals surface area (Å²) in [6, 6.07) is 1.66. The molecule has 4 heteroatoms. The first-order valence-corrected chi connectivity index (χ1v) is 4.91. The van der Waals surface area contributed by atoms with Crippen LogP contribution in [0.1, 0.15) is 36.2 Å². The molecular weight excluding hydrogens is 194 g/mol. The number of aryl methyl sites for hydroxylation is 1. The topological polar surface area (TPSA) is 59.4 Å². The van der Waals surface area contributed by atoms with E-state index in [2.05, 4.69) is 4.98 Å². The van der Waals surface area contributed by atoms with E-state index in [0.717, 1.165) is 6.42 Å². The summed E-state index contributed by atoms with van der Waals surface area (Å²) in [5.41, 5.74) is 0.814. The third-order valence-electron chi connectivity index (χ3n) is 2.23. The first kappa shape index (κ1) is 11.5. The fourth-order valence-corrected chi connectivity index (χ4v) is 1.16. The molecule has 0 amide bonds. The summed E-state index contributed by atoms with van der Waals surface area (Å²) in [5.74, 6) is -0.796. The van der Waals surface area contributed by atoms with Gasteiger partial charge in [-0.25, -0.2) is 9.78 Å². The Morgan fingerprint density at radius 2 is 2.33 bits per heavy atom. The highest BCUT2D eigenvalue weighted by atomic mass is 16.5. The number of carboxylic acids is 1. The number of ether oxygens (including phenoxy) is 1. The zero-order chi connectivity index (χ0) is 11.4. The minimum atomic E-state index is -1.00. The van der Waals surface area contributed by atoms with Crippen LogP contribution in [0.5, 0.6) is 5.88 Å². The lowest BCUT2D eigenvalue weighted by molar-refractivity contribution is 0.0687. The molecule has 1 N–H and O–H groups in total. The Labute approximate surface area is 88.9 Å². The van der Waals surface area contributed by atoms with Crippen LogP contribution in [0.25, 0.3) is 0 Å². The molecule has 0 aliphatic rings. The average molecular weight is 209 g/mol. The zero-order valence-corrected chi connectivity index (χ0v) is 9.15. The maximum atomic E-state index is 11.0. The summed E-state index contributed by atoms with van der Waals surface area (Å²) in [7, 11) is 0. The number of hydrogen-bond acceptors (Lipinski definition) is 3. The van der Waals surface area contributed by atoms with Crippen molar-refractivity contribution >= 4 is 5.97 Å². The van der Waals surface area contributed by atoms with Gasteiger partial charge in [-0.15, -0.1) is 0 Å². The summed E-state index contributed by atoms with van der Waals surface area (Å²) < 4.78 is 5.44. The number of carboxylic acid groups (broad SMARTS) is 1. The molecule has 15 heavy (non-hydrogen) atoms. The molecule has 0 aliphatic heterocycles. The molecule has 1 atom stereocenters. The van der Waals surface area contributed by atoms with Crippen molar-refractivity contribution in [2.24, 2.45) is 0 Å². The summed E-state index contributed by atoms with van der Waals surface area (Å²) >= 11 is 0. The van der Waals surface area contributed by atoms with Crippen LogP contribution < -0.4 is 4.74 Å². The highest BCUT2D eigenvalue weighted by Gasteiger charge is 2.16. The van der Waals surface area contributed by atoms with Gasteiger partial charge >= 0.3 is 5.97 Å². The lowest BCUT2D eigenvalue weighted by Crippen LogP contribution is -2.14. The van der Waals surface area contributed by atoms with E-state index in [0.29, 0.717) is 5.56 Å². The zero-order valence-electron chi connectivity index (χ0n) is 9.15. The van der Waals surface area contributed by atoms with Crippen molar-refractivity contribution in [3.63, 3.8) is 0 Å². The first-order chi connectivity index (χ1) is 7.06. The number of hydrogen-bond donors (Lipinski definition) is 1. The largest absolute Gasteiger partial charge is 0.477 e. The van der Waals surface area contributed by atoms with Crippen LogP contribution in [0.2, 0.25) is 0 Å². The lowest BCUT2D eigenvalue weighted by atomic mass is 10.1. The van der Waals surface area contributed by atoms with Gasteiger partial charge in [-0.3, -0.25) is 0 Å². The smallest absolute Gasteiger partial charge is 0.341 e. The van der Waals surface area contributed by atoms with E-state index in [9.17, 15) is 4.79 Å². The maximum absolute atomic E-state index is 11.0. The molecule has 0 saturated carbocycles. The number of aromatic carboxylic acids is 1. The predicted molar refractivity (Wildman–Crippen MR) is 56.3 cm³/mol. The average Bonchev–Trinajstić information content (AvgIpc) is 2.17. The van der Waals surface area contributed by atoms with Gasteiger partial charge in [-0.1, -0.05) is 6.92 Å². The number of aromatic nitrogens is 1. The number of carbonyl (C=O) groups is 1. The maximum Gasteiger partial charge on any atom is 0.341 e. The minimum Gasteiger partial charge on any atom is -0.477 e. The van der Waals surface area contributed by atoms with Crippen molar-refractivity contribution in [2.75, 3.05) is 0 Å². The van der Waals surface area contributed by atoms with Gasteiger partial charge in [0.1, 0.15) is 5.56 Å². The Hall–Kier alpha value is -1.58. The van der Waals surface area contributed by atoms with E-state index in [-0.39, 0.29) is 17.5 Å². The fourth-order valence-electron chi connectivity index (χ4n) is 1.16. The number of rotatable bonds is 4. The Kier molecular flexibility index (Phi) is 3.66. The van der Waals surface area contributed by atoms with Gasteiger partial charge in [0, 0.05) is 6.20 Å². The van der Waals surface area contributed by atoms with E-state index >= 15 is 0 Å². The highest BCUT2D eigenvalue weighted by molar-refractivity contribution is 5.91. The van der Waals surface area contributed by atoms with Gasteiger partial charge in [0.15, 0.2) is 0 Å². The summed E-state index contributed by atoms with van der Waals surface area (Å²) in [5, 5.41) is 9.01. The van der Waals surface area contributed by atoms with E-state index < -0.39 is 5.97 Å². The molecule has 0 saturated heterocycles. The molecule has 1 rings (SSSR count). The second kappa shape index (κ2) is 4.77. The molecular formula is C11H15NO3. The molecule has 0 aliphatic carbocycles. The standard InChI is InChI=1S/C11H15NO3/c1-4-8(3)15-10-9(11(13)14)7(2)5-6-12-10/h5-6,8H,4H2,1-3H3,(H,13,14). The molecule has 1 heterocycles. The molecule has 1 aromatic rings. The lowest BCUT2D eigenvalue weighted by Gasteiger charge is -2.14. The quantitative estimate of drug-likeness (QED) is 0.826. The fraction of sp³-hybridized carbons (Fsp3) is 0.455. The van der Waals surface area contributed by atoms with Crippen LogP contribution in [0.4, 0.5) is 0 Å². The highest BCUT2D eigenvalue weighted by Crippen LogP contribution is 2.20. The van der Waals surface area contributed by atoms with E-state index in [1.54, 1.807) is 19.2 Å². The van der Waals surface area contributed by atoms with Gasteiger partial charge < -0.3 is 9.84 Å². The van der Waals surface area contributed by atoms with E-state index in [1.807, 2.05) is 13.8 Å². The monoisotopic (exact) mass is 209 g/mol. The van der Waals surface area contributed by atoms with Gasteiger partial charge in [-0.2, -0.15) is 0 Å². The second-order valence-corrected chi connectivity index (χ2v) is 3.45. The summed E-state index contributed by atoms with van der Waals surface area (Å²) in [6.07, 6.45) is 2.34. The summed E-state index contributed by atoms with van der Waals surface area (Å²) in [4.78, 5) is 14.9. The Morgan fingerprint density at radius 3 is 2.87 bits per heavy atom.